The quantitative estimate of drug-likeness (QED) is 0.273. The van der Waals surface area contributed by atoms with Gasteiger partial charge < -0.3 is 21.8 Å². The van der Waals surface area contributed by atoms with Gasteiger partial charge in [-0.05, 0) is 38.1 Å². The topological polar surface area (TPSA) is 127 Å². The summed E-state index contributed by atoms with van der Waals surface area (Å²) in [4.78, 5) is 22.9. The first-order valence-electron chi connectivity index (χ1n) is 8.68. The molecule has 0 amide bonds. The molecule has 8 nitrogen and oxygen atoms in total. The average molecular weight is 389 g/mol. The van der Waals surface area contributed by atoms with Gasteiger partial charge in [-0.1, -0.05) is 0 Å². The van der Waals surface area contributed by atoms with Crippen molar-refractivity contribution in [3.63, 3.8) is 0 Å². The van der Waals surface area contributed by atoms with Crippen molar-refractivity contribution in [2.75, 3.05) is 13.1 Å². The summed E-state index contributed by atoms with van der Waals surface area (Å²) in [6.45, 7) is 2.75. The minimum absolute atomic E-state index is 0.00293. The fourth-order valence-electron chi connectivity index (χ4n) is 2.84. The molecule has 2 heterocycles. The second-order valence-electron chi connectivity index (χ2n) is 6.37. The molecule has 0 fully saturated rings. The van der Waals surface area contributed by atoms with Gasteiger partial charge in [0.25, 0.3) is 0 Å². The van der Waals surface area contributed by atoms with E-state index in [1.165, 1.54) is 6.20 Å². The average Bonchev–Trinajstić information content (AvgIpc) is 2.97. The molecule has 0 radical (unpaired) electrons. The van der Waals surface area contributed by atoms with Gasteiger partial charge in [-0.15, -0.1) is 0 Å². The van der Waals surface area contributed by atoms with E-state index in [1.54, 1.807) is 6.07 Å². The monoisotopic (exact) mass is 389 g/mol. The number of benzene rings is 1. The molecule has 3 rings (SSSR count). The molecule has 0 atom stereocenters. The Bertz CT molecular complexity index is 1060. The number of halogens is 2. The van der Waals surface area contributed by atoms with Crippen LogP contribution in [0.4, 0.5) is 8.78 Å². The van der Waals surface area contributed by atoms with Crippen LogP contribution in [0.1, 0.15) is 17.7 Å². The van der Waals surface area contributed by atoms with E-state index in [4.69, 9.17) is 11.5 Å². The molecule has 0 aliphatic carbocycles. The van der Waals surface area contributed by atoms with Gasteiger partial charge in [-0.2, -0.15) is 4.98 Å². The molecule has 28 heavy (non-hydrogen) atoms. The van der Waals surface area contributed by atoms with Gasteiger partial charge >= 0.3 is 5.69 Å². The first kappa shape index (κ1) is 19.5. The summed E-state index contributed by atoms with van der Waals surface area (Å²) in [5, 5.41) is 3.61. The Hall–Kier alpha value is -3.27. The number of nitrogens with zero attached hydrogens (tertiary/aromatic N) is 3. The van der Waals surface area contributed by atoms with Crippen LogP contribution in [0.5, 0.6) is 0 Å². The number of aromatic nitrogens is 3. The highest BCUT2D eigenvalue weighted by Crippen LogP contribution is 2.19. The molecule has 148 valence electrons. The Labute approximate surface area is 159 Å². The molecule has 6 N–H and O–H groups in total. The smallest absolute Gasteiger partial charge is 0.354 e. The number of rotatable bonds is 7. The normalized spacial score (nSPS) is 11.1. The van der Waals surface area contributed by atoms with Crippen LogP contribution >= 0.6 is 0 Å². The fourth-order valence-corrected chi connectivity index (χ4v) is 2.84. The molecule has 0 bridgehead atoms. The molecule has 0 aliphatic heterocycles. The first-order chi connectivity index (χ1) is 13.3. The fraction of sp³-hybridized carbons (Fsp3) is 0.278. The summed E-state index contributed by atoms with van der Waals surface area (Å²) >= 11 is 0. The van der Waals surface area contributed by atoms with Gasteiger partial charge in [-0.3, -0.25) is 9.56 Å². The lowest BCUT2D eigenvalue weighted by molar-refractivity contribution is 0.532. The van der Waals surface area contributed by atoms with Crippen LogP contribution in [0.3, 0.4) is 0 Å². The van der Waals surface area contributed by atoms with E-state index in [9.17, 15) is 13.6 Å². The largest absolute Gasteiger partial charge is 0.370 e. The number of hydrogen-bond acceptors (Lipinski definition) is 4. The van der Waals surface area contributed by atoms with Gasteiger partial charge in [0.2, 0.25) is 0 Å². The van der Waals surface area contributed by atoms with E-state index in [-0.39, 0.29) is 23.8 Å². The number of aryl methyl sites for hydroxylation is 1. The number of guanidine groups is 1. The first-order valence-corrected chi connectivity index (χ1v) is 8.68. The SMILES string of the molecule is Cc1cc2cn(-c3cc(F)c(CNCCCN=C(N)N)c(F)c3)c(=O)nc2[nH]1. The molecule has 2 aromatic heterocycles. The van der Waals surface area contributed by atoms with Gasteiger partial charge in [0, 0.05) is 35.9 Å². The summed E-state index contributed by atoms with van der Waals surface area (Å²) in [7, 11) is 0. The Morgan fingerprint density at radius 1 is 1.29 bits per heavy atom. The van der Waals surface area contributed by atoms with E-state index in [0.29, 0.717) is 30.5 Å². The lowest BCUT2D eigenvalue weighted by Gasteiger charge is -2.11. The highest BCUT2D eigenvalue weighted by atomic mass is 19.1. The summed E-state index contributed by atoms with van der Waals surface area (Å²) in [5.41, 5.74) is 11.0. The maximum absolute atomic E-state index is 14.5. The lowest BCUT2D eigenvalue weighted by Crippen LogP contribution is -2.24. The standard InChI is InChI=1S/C18H21F2N7O/c1-10-5-11-9-27(18(28)26-16(11)25-10)12-6-14(19)13(15(20)7-12)8-23-3-2-4-24-17(21)22/h5-7,9,23H,2-4,8H2,1H3,(H4,21,22,24)(H,25,26,28). The molecule has 0 saturated carbocycles. The van der Waals surface area contributed by atoms with E-state index in [0.717, 1.165) is 22.4 Å². The molecule has 10 heteroatoms. The van der Waals surface area contributed by atoms with Crippen LogP contribution < -0.4 is 22.5 Å². The van der Waals surface area contributed by atoms with Crippen molar-refractivity contribution in [3.8, 4) is 5.69 Å². The van der Waals surface area contributed by atoms with Crippen LogP contribution in [0, 0.1) is 18.6 Å². The van der Waals surface area contributed by atoms with Crippen molar-refractivity contribution in [2.45, 2.75) is 19.9 Å². The zero-order valence-electron chi connectivity index (χ0n) is 15.3. The zero-order chi connectivity index (χ0) is 20.3. The molecule has 0 unspecified atom stereocenters. The minimum Gasteiger partial charge on any atom is -0.370 e. The van der Waals surface area contributed by atoms with Gasteiger partial charge in [0.1, 0.15) is 17.3 Å². The van der Waals surface area contributed by atoms with Crippen molar-refractivity contribution < 1.29 is 8.78 Å². The number of nitrogens with one attached hydrogen (secondary N) is 2. The van der Waals surface area contributed by atoms with Gasteiger partial charge in [-0.25, -0.2) is 13.6 Å². The Balaban J connectivity index is 1.77. The molecular weight excluding hydrogens is 368 g/mol. The predicted molar refractivity (Wildman–Crippen MR) is 103 cm³/mol. The maximum atomic E-state index is 14.5. The number of fused-ring (bicyclic) bond motifs is 1. The zero-order valence-corrected chi connectivity index (χ0v) is 15.3. The summed E-state index contributed by atoms with van der Waals surface area (Å²) < 4.78 is 30.0. The van der Waals surface area contributed by atoms with E-state index in [2.05, 4.69) is 20.3 Å². The van der Waals surface area contributed by atoms with Crippen molar-refractivity contribution >= 4 is 17.0 Å². The number of hydrogen-bond donors (Lipinski definition) is 4. The van der Waals surface area contributed by atoms with Crippen molar-refractivity contribution in [1.82, 2.24) is 19.9 Å². The number of H-pyrrole nitrogens is 1. The summed E-state index contributed by atoms with van der Waals surface area (Å²) in [5.74, 6) is -1.49. The number of aromatic amines is 1. The minimum atomic E-state index is -0.746. The second kappa shape index (κ2) is 8.17. The lowest BCUT2D eigenvalue weighted by atomic mass is 10.1. The predicted octanol–water partition coefficient (Wildman–Crippen LogP) is 1.05. The highest BCUT2D eigenvalue weighted by molar-refractivity contribution is 5.76. The Morgan fingerprint density at radius 3 is 2.68 bits per heavy atom. The molecule has 1 aromatic carbocycles. The maximum Gasteiger partial charge on any atom is 0.354 e. The molecule has 3 aromatic rings. The van der Waals surface area contributed by atoms with Crippen LogP contribution in [0.2, 0.25) is 0 Å². The molecule has 0 saturated heterocycles. The Morgan fingerprint density at radius 2 is 2.00 bits per heavy atom. The van der Waals surface area contributed by atoms with Gasteiger partial charge in [0.15, 0.2) is 5.96 Å². The summed E-state index contributed by atoms with van der Waals surface area (Å²) in [6.07, 6.45) is 2.13. The molecule has 0 spiro atoms. The molecular formula is C18H21F2N7O. The third-order valence-electron chi connectivity index (χ3n) is 4.15. The van der Waals surface area contributed by atoms with Crippen LogP contribution in [0.25, 0.3) is 16.7 Å². The molecule has 0 aliphatic rings. The third kappa shape index (κ3) is 4.34. The van der Waals surface area contributed by atoms with E-state index < -0.39 is 17.3 Å². The van der Waals surface area contributed by atoms with E-state index in [1.807, 2.05) is 6.92 Å². The van der Waals surface area contributed by atoms with Crippen LogP contribution in [-0.2, 0) is 6.54 Å². The number of nitrogens with two attached hydrogens (primary N) is 2. The van der Waals surface area contributed by atoms with Crippen LogP contribution in [0.15, 0.2) is 34.2 Å². The van der Waals surface area contributed by atoms with Crippen molar-refractivity contribution in [3.05, 3.63) is 57.8 Å². The van der Waals surface area contributed by atoms with Gasteiger partial charge in [0.05, 0.1) is 5.69 Å². The van der Waals surface area contributed by atoms with E-state index >= 15 is 0 Å². The third-order valence-corrected chi connectivity index (χ3v) is 4.15. The van der Waals surface area contributed by atoms with Crippen molar-refractivity contribution in [2.24, 2.45) is 16.5 Å². The highest BCUT2D eigenvalue weighted by Gasteiger charge is 2.14. The second-order valence-corrected chi connectivity index (χ2v) is 6.37. The summed E-state index contributed by atoms with van der Waals surface area (Å²) in [6, 6.07) is 4.04. The Kier molecular flexibility index (Phi) is 5.69. The number of aliphatic imine (C=N–C) groups is 1. The van der Waals surface area contributed by atoms with Crippen molar-refractivity contribution in [1.29, 1.82) is 0 Å². The van der Waals surface area contributed by atoms with Crippen LogP contribution in [-0.4, -0.2) is 33.6 Å².